The summed E-state index contributed by atoms with van der Waals surface area (Å²) in [7, 11) is -4.00. The van der Waals surface area contributed by atoms with Gasteiger partial charge in [-0.3, -0.25) is 9.69 Å². The van der Waals surface area contributed by atoms with Gasteiger partial charge < -0.3 is 5.32 Å². The summed E-state index contributed by atoms with van der Waals surface area (Å²) in [6, 6.07) is 13.9. The van der Waals surface area contributed by atoms with Crippen LogP contribution in [0.25, 0.3) is 11.0 Å². The van der Waals surface area contributed by atoms with Gasteiger partial charge in [0.05, 0.1) is 11.7 Å². The van der Waals surface area contributed by atoms with E-state index in [-0.39, 0.29) is 17.2 Å². The first-order valence-electron chi connectivity index (χ1n) is 11.8. The van der Waals surface area contributed by atoms with Gasteiger partial charge in [0, 0.05) is 19.1 Å². The predicted molar refractivity (Wildman–Crippen MR) is 134 cm³/mol. The third-order valence-electron chi connectivity index (χ3n) is 6.35. The number of likely N-dealkylation sites (tertiary alicyclic amines) is 1. The lowest BCUT2D eigenvalue weighted by molar-refractivity contribution is -0.122. The summed E-state index contributed by atoms with van der Waals surface area (Å²) < 4.78 is 37.5. The smallest absolute Gasteiger partial charge is 0.243 e. The number of fused-ring (bicyclic) bond motifs is 1. The van der Waals surface area contributed by atoms with E-state index in [1.807, 2.05) is 30.3 Å². The number of hydrogen-bond acceptors (Lipinski definition) is 7. The summed E-state index contributed by atoms with van der Waals surface area (Å²) in [4.78, 5) is 15.6. The zero-order valence-electron chi connectivity index (χ0n) is 19.3. The summed E-state index contributed by atoms with van der Waals surface area (Å²) in [5.41, 5.74) is 1.71. The first-order chi connectivity index (χ1) is 16.5. The maximum Gasteiger partial charge on any atom is 0.243 e. The number of carbonyl (C=O) groups is 1. The van der Waals surface area contributed by atoms with Gasteiger partial charge in [-0.05, 0) is 49.9 Å². The van der Waals surface area contributed by atoms with E-state index in [0.29, 0.717) is 23.6 Å². The van der Waals surface area contributed by atoms with Crippen molar-refractivity contribution in [3.05, 3.63) is 54.1 Å². The van der Waals surface area contributed by atoms with Crippen molar-refractivity contribution >= 4 is 38.7 Å². The molecule has 1 amide bonds. The van der Waals surface area contributed by atoms with Crippen molar-refractivity contribution in [3.63, 3.8) is 0 Å². The molecule has 8 nitrogen and oxygen atoms in total. The Hall–Kier alpha value is -2.40. The standard InChI is InChI=1S/C24H31N5O3S2/c1-2-19-11-6-7-15-29(19)16-14-25-24(30)21(17-18-9-4-3-5-10-18)28-34(31,32)22-13-8-12-20-23(22)27-33-26-20/h3-5,8-10,12-13,19,21,28H,2,6-7,11,14-17H2,1H3,(H,25,30)/t19-,21-/m0/s1. The van der Waals surface area contributed by atoms with Crippen LogP contribution in [-0.2, 0) is 21.2 Å². The molecule has 3 aromatic rings. The fourth-order valence-electron chi connectivity index (χ4n) is 4.55. The summed E-state index contributed by atoms with van der Waals surface area (Å²) in [6.45, 7) is 4.48. The van der Waals surface area contributed by atoms with Gasteiger partial charge in [0.1, 0.15) is 22.0 Å². The molecule has 2 atom stereocenters. The molecule has 1 saturated heterocycles. The van der Waals surface area contributed by atoms with Crippen LogP contribution in [0.3, 0.4) is 0 Å². The Labute approximate surface area is 205 Å². The van der Waals surface area contributed by atoms with Gasteiger partial charge in [-0.2, -0.15) is 13.5 Å². The average molecular weight is 502 g/mol. The van der Waals surface area contributed by atoms with Gasteiger partial charge in [0.2, 0.25) is 15.9 Å². The summed E-state index contributed by atoms with van der Waals surface area (Å²) >= 11 is 0.961. The zero-order chi connectivity index (χ0) is 24.0. The highest BCUT2D eigenvalue weighted by Crippen LogP contribution is 2.22. The molecule has 4 rings (SSSR count). The number of amides is 1. The Bertz CT molecular complexity index is 1200. The number of nitrogens with zero attached hydrogens (tertiary/aromatic N) is 3. The maximum absolute atomic E-state index is 13.3. The van der Waals surface area contributed by atoms with Gasteiger partial charge >= 0.3 is 0 Å². The van der Waals surface area contributed by atoms with Gasteiger partial charge in [-0.15, -0.1) is 0 Å². The monoisotopic (exact) mass is 501 g/mol. The second-order valence-electron chi connectivity index (χ2n) is 8.64. The molecule has 0 radical (unpaired) electrons. The van der Waals surface area contributed by atoms with Gasteiger partial charge in [-0.1, -0.05) is 49.7 Å². The van der Waals surface area contributed by atoms with Crippen LogP contribution >= 0.6 is 11.7 Å². The van der Waals surface area contributed by atoms with Crippen LogP contribution in [0.1, 0.15) is 38.2 Å². The molecule has 182 valence electrons. The van der Waals surface area contributed by atoms with E-state index in [9.17, 15) is 13.2 Å². The van der Waals surface area contributed by atoms with E-state index < -0.39 is 16.1 Å². The minimum absolute atomic E-state index is 0.0312. The lowest BCUT2D eigenvalue weighted by Gasteiger charge is -2.35. The van der Waals surface area contributed by atoms with Crippen molar-refractivity contribution in [3.8, 4) is 0 Å². The first kappa shape index (κ1) is 24.7. The molecule has 10 heteroatoms. The lowest BCUT2D eigenvalue weighted by atomic mass is 10.0. The van der Waals surface area contributed by atoms with Crippen LogP contribution in [0.5, 0.6) is 0 Å². The summed E-state index contributed by atoms with van der Waals surface area (Å²) in [5.74, 6) is -0.332. The van der Waals surface area contributed by atoms with Crippen molar-refractivity contribution in [1.29, 1.82) is 0 Å². The molecule has 1 fully saturated rings. The van der Waals surface area contributed by atoms with E-state index in [0.717, 1.165) is 36.8 Å². The minimum atomic E-state index is -4.00. The molecule has 0 spiro atoms. The third kappa shape index (κ3) is 5.99. The second kappa shape index (κ2) is 11.4. The van der Waals surface area contributed by atoms with E-state index in [4.69, 9.17) is 0 Å². The Kier molecular flexibility index (Phi) is 8.25. The molecule has 2 N–H and O–H groups in total. The highest BCUT2D eigenvalue weighted by molar-refractivity contribution is 7.89. The quantitative estimate of drug-likeness (QED) is 0.443. The molecule has 2 heterocycles. The lowest BCUT2D eigenvalue weighted by Crippen LogP contribution is -2.50. The molecule has 34 heavy (non-hydrogen) atoms. The van der Waals surface area contributed by atoms with E-state index >= 15 is 0 Å². The van der Waals surface area contributed by atoms with E-state index in [2.05, 4.69) is 30.6 Å². The van der Waals surface area contributed by atoms with Crippen LogP contribution in [0.2, 0.25) is 0 Å². The molecule has 0 unspecified atom stereocenters. The van der Waals surface area contributed by atoms with Crippen molar-refractivity contribution in [2.45, 2.75) is 56.0 Å². The molecule has 0 bridgehead atoms. The molecule has 0 aliphatic carbocycles. The topological polar surface area (TPSA) is 104 Å². The van der Waals surface area contributed by atoms with Crippen molar-refractivity contribution in [2.75, 3.05) is 19.6 Å². The second-order valence-corrected chi connectivity index (χ2v) is 10.8. The summed E-state index contributed by atoms with van der Waals surface area (Å²) in [5, 5.41) is 2.97. The fourth-order valence-corrected chi connectivity index (χ4v) is 6.51. The van der Waals surface area contributed by atoms with Crippen LogP contribution < -0.4 is 10.0 Å². The summed E-state index contributed by atoms with van der Waals surface area (Å²) in [6.07, 6.45) is 4.97. The Morgan fingerprint density at radius 3 is 2.76 bits per heavy atom. The van der Waals surface area contributed by atoms with Crippen LogP contribution in [0.4, 0.5) is 0 Å². The average Bonchev–Trinajstić information content (AvgIpc) is 3.33. The number of nitrogens with one attached hydrogen (secondary N) is 2. The molecular formula is C24H31N5O3S2. The molecule has 0 saturated carbocycles. The number of rotatable bonds is 10. The zero-order valence-corrected chi connectivity index (χ0v) is 20.9. The molecule has 1 aliphatic heterocycles. The highest BCUT2D eigenvalue weighted by Gasteiger charge is 2.28. The number of hydrogen-bond donors (Lipinski definition) is 2. The molecule has 1 aromatic heterocycles. The van der Waals surface area contributed by atoms with Crippen LogP contribution in [-0.4, -0.2) is 59.7 Å². The third-order valence-corrected chi connectivity index (χ3v) is 8.40. The number of carbonyl (C=O) groups excluding carboxylic acids is 1. The number of aromatic nitrogens is 2. The minimum Gasteiger partial charge on any atom is -0.353 e. The molecular weight excluding hydrogens is 470 g/mol. The number of piperidine rings is 1. The SMILES string of the molecule is CC[C@H]1CCCCN1CCNC(=O)[C@H](Cc1ccccc1)NS(=O)(=O)c1cccc2nsnc12. The van der Waals surface area contributed by atoms with Gasteiger partial charge in [-0.25, -0.2) is 8.42 Å². The first-order valence-corrected chi connectivity index (χ1v) is 14.0. The Balaban J connectivity index is 1.48. The van der Waals surface area contributed by atoms with Crippen LogP contribution in [0.15, 0.2) is 53.4 Å². The fraction of sp³-hybridized carbons (Fsp3) is 0.458. The maximum atomic E-state index is 13.3. The van der Waals surface area contributed by atoms with Gasteiger partial charge in [0.25, 0.3) is 0 Å². The Morgan fingerprint density at radius 2 is 1.97 bits per heavy atom. The normalized spacial score (nSPS) is 18.1. The number of benzene rings is 2. The predicted octanol–water partition coefficient (Wildman–Crippen LogP) is 2.96. The van der Waals surface area contributed by atoms with E-state index in [1.165, 1.54) is 25.3 Å². The van der Waals surface area contributed by atoms with Crippen LogP contribution in [0, 0.1) is 0 Å². The molecule has 1 aliphatic rings. The largest absolute Gasteiger partial charge is 0.353 e. The highest BCUT2D eigenvalue weighted by atomic mass is 32.2. The van der Waals surface area contributed by atoms with Crippen molar-refractivity contribution in [1.82, 2.24) is 23.7 Å². The molecule has 2 aromatic carbocycles. The van der Waals surface area contributed by atoms with Crippen molar-refractivity contribution < 1.29 is 13.2 Å². The number of sulfonamides is 1. The Morgan fingerprint density at radius 1 is 1.15 bits per heavy atom. The van der Waals surface area contributed by atoms with Crippen molar-refractivity contribution in [2.24, 2.45) is 0 Å². The van der Waals surface area contributed by atoms with Gasteiger partial charge in [0.15, 0.2) is 0 Å². The van der Waals surface area contributed by atoms with E-state index in [1.54, 1.807) is 12.1 Å².